The average Bonchev–Trinajstić information content (AvgIpc) is 2.48. The Balaban J connectivity index is 2.05. The van der Waals surface area contributed by atoms with Crippen LogP contribution in [0.3, 0.4) is 0 Å². The molecule has 1 fully saturated rings. The number of piperidine rings is 1. The molecular formula is C13H15N5O3. The molecule has 0 saturated carbocycles. The molecule has 110 valence electrons. The number of anilines is 1. The summed E-state index contributed by atoms with van der Waals surface area (Å²) in [6, 6.07) is 2.98. The van der Waals surface area contributed by atoms with Crippen molar-refractivity contribution in [2.45, 2.75) is 18.9 Å². The van der Waals surface area contributed by atoms with Crippen LogP contribution in [0.5, 0.6) is 0 Å². The lowest BCUT2D eigenvalue weighted by Crippen LogP contribution is -2.38. The highest BCUT2D eigenvalue weighted by Crippen LogP contribution is 2.29. The highest BCUT2D eigenvalue weighted by atomic mass is 16.6. The van der Waals surface area contributed by atoms with Gasteiger partial charge in [0.15, 0.2) is 0 Å². The van der Waals surface area contributed by atoms with Gasteiger partial charge in [0.25, 0.3) is 11.2 Å². The normalized spacial score (nSPS) is 18.6. The lowest BCUT2D eigenvalue weighted by atomic mass is 10.1. The molecule has 1 aromatic heterocycles. The van der Waals surface area contributed by atoms with Crippen molar-refractivity contribution in [3.8, 4) is 0 Å². The zero-order valence-corrected chi connectivity index (χ0v) is 11.3. The lowest BCUT2D eigenvalue weighted by Gasteiger charge is -2.24. The van der Waals surface area contributed by atoms with E-state index in [-0.39, 0.29) is 22.7 Å². The first-order chi connectivity index (χ1) is 10.1. The van der Waals surface area contributed by atoms with Gasteiger partial charge in [-0.3, -0.25) is 14.9 Å². The smallest absolute Gasteiger partial charge is 0.293 e. The van der Waals surface area contributed by atoms with Crippen LogP contribution >= 0.6 is 0 Å². The fourth-order valence-corrected chi connectivity index (χ4v) is 2.57. The van der Waals surface area contributed by atoms with Gasteiger partial charge in [-0.15, -0.1) is 0 Å². The van der Waals surface area contributed by atoms with E-state index in [1.54, 1.807) is 6.07 Å². The van der Waals surface area contributed by atoms with Gasteiger partial charge in [-0.2, -0.15) is 0 Å². The molecule has 3 N–H and O–H groups in total. The van der Waals surface area contributed by atoms with Crippen molar-refractivity contribution < 1.29 is 4.92 Å². The van der Waals surface area contributed by atoms with Crippen LogP contribution in [-0.2, 0) is 0 Å². The Morgan fingerprint density at radius 2 is 2.29 bits per heavy atom. The minimum absolute atomic E-state index is 0.105. The summed E-state index contributed by atoms with van der Waals surface area (Å²) in [5.41, 5.74) is 0.357. The second kappa shape index (κ2) is 5.49. The standard InChI is InChI=1S/C13H15N5O3/c19-13-9-4-12(18(20)21)11(5-10(9)15-7-16-13)17-8-2-1-3-14-6-8/h4-5,7-8,14,17H,1-3,6H2,(H,15,16,19). The maximum absolute atomic E-state index is 11.7. The molecule has 1 aromatic carbocycles. The minimum Gasteiger partial charge on any atom is -0.375 e. The van der Waals surface area contributed by atoms with Crippen LogP contribution in [0.4, 0.5) is 11.4 Å². The molecule has 1 aliphatic rings. The summed E-state index contributed by atoms with van der Waals surface area (Å²) in [6.07, 6.45) is 3.27. The number of nitro benzene ring substituents is 1. The summed E-state index contributed by atoms with van der Waals surface area (Å²) in [7, 11) is 0. The van der Waals surface area contributed by atoms with Crippen molar-refractivity contribution in [1.82, 2.24) is 15.3 Å². The van der Waals surface area contributed by atoms with Crippen LogP contribution in [0, 0.1) is 10.1 Å². The first kappa shape index (κ1) is 13.5. The molecule has 1 atom stereocenters. The molecule has 8 nitrogen and oxygen atoms in total. The minimum atomic E-state index is -0.482. The van der Waals surface area contributed by atoms with E-state index in [2.05, 4.69) is 20.6 Å². The molecule has 1 saturated heterocycles. The van der Waals surface area contributed by atoms with E-state index in [4.69, 9.17) is 0 Å². The highest BCUT2D eigenvalue weighted by Gasteiger charge is 2.20. The first-order valence-electron chi connectivity index (χ1n) is 6.78. The van der Waals surface area contributed by atoms with Crippen LogP contribution in [-0.4, -0.2) is 34.0 Å². The fourth-order valence-electron chi connectivity index (χ4n) is 2.57. The largest absolute Gasteiger partial charge is 0.375 e. The Hall–Kier alpha value is -2.48. The molecule has 0 bridgehead atoms. The van der Waals surface area contributed by atoms with Crippen molar-refractivity contribution >= 4 is 22.3 Å². The van der Waals surface area contributed by atoms with Crippen molar-refractivity contribution in [1.29, 1.82) is 0 Å². The number of nitrogens with zero attached hydrogens (tertiary/aromatic N) is 2. The molecule has 0 radical (unpaired) electrons. The predicted octanol–water partition coefficient (Wildman–Crippen LogP) is 0.995. The van der Waals surface area contributed by atoms with Gasteiger partial charge in [-0.25, -0.2) is 4.98 Å². The van der Waals surface area contributed by atoms with E-state index in [0.29, 0.717) is 11.2 Å². The molecule has 2 heterocycles. The molecule has 0 spiro atoms. The molecule has 8 heteroatoms. The Bertz CT molecular complexity index is 736. The lowest BCUT2D eigenvalue weighted by molar-refractivity contribution is -0.383. The number of rotatable bonds is 3. The van der Waals surface area contributed by atoms with E-state index in [1.165, 1.54) is 12.4 Å². The Labute approximate surface area is 119 Å². The summed E-state index contributed by atoms with van der Waals surface area (Å²) < 4.78 is 0. The van der Waals surface area contributed by atoms with Crippen LogP contribution in [0.2, 0.25) is 0 Å². The van der Waals surface area contributed by atoms with Gasteiger partial charge in [0, 0.05) is 18.7 Å². The zero-order valence-electron chi connectivity index (χ0n) is 11.3. The Morgan fingerprint density at radius 3 is 3.00 bits per heavy atom. The summed E-state index contributed by atoms with van der Waals surface area (Å²) in [5, 5.41) is 17.9. The molecule has 1 unspecified atom stereocenters. The first-order valence-corrected chi connectivity index (χ1v) is 6.78. The van der Waals surface area contributed by atoms with Crippen molar-refractivity contribution in [2.75, 3.05) is 18.4 Å². The van der Waals surface area contributed by atoms with E-state index < -0.39 is 4.92 Å². The number of aromatic nitrogens is 2. The van der Waals surface area contributed by atoms with Gasteiger partial charge in [-0.1, -0.05) is 0 Å². The van der Waals surface area contributed by atoms with E-state index in [1.807, 2.05) is 0 Å². The van der Waals surface area contributed by atoms with Crippen molar-refractivity contribution in [3.63, 3.8) is 0 Å². The van der Waals surface area contributed by atoms with Crippen LogP contribution < -0.4 is 16.2 Å². The Morgan fingerprint density at radius 1 is 1.43 bits per heavy atom. The number of nitro groups is 1. The molecule has 3 rings (SSSR count). The number of nitrogens with one attached hydrogen (secondary N) is 3. The fraction of sp³-hybridized carbons (Fsp3) is 0.385. The molecular weight excluding hydrogens is 274 g/mol. The third kappa shape index (κ3) is 2.70. The van der Waals surface area contributed by atoms with Gasteiger partial charge in [0.2, 0.25) is 0 Å². The summed E-state index contributed by atoms with van der Waals surface area (Å²) in [5.74, 6) is 0. The number of hydrogen-bond donors (Lipinski definition) is 3. The highest BCUT2D eigenvalue weighted by molar-refractivity contribution is 5.86. The number of aromatic amines is 1. The van der Waals surface area contributed by atoms with Gasteiger partial charge in [0.1, 0.15) is 5.69 Å². The van der Waals surface area contributed by atoms with Crippen LogP contribution in [0.1, 0.15) is 12.8 Å². The zero-order chi connectivity index (χ0) is 14.8. The number of benzene rings is 1. The second-order valence-electron chi connectivity index (χ2n) is 5.06. The second-order valence-corrected chi connectivity index (χ2v) is 5.06. The molecule has 21 heavy (non-hydrogen) atoms. The monoisotopic (exact) mass is 289 g/mol. The van der Waals surface area contributed by atoms with Gasteiger partial charge in [-0.05, 0) is 25.5 Å². The number of fused-ring (bicyclic) bond motifs is 1. The van der Waals surface area contributed by atoms with E-state index in [9.17, 15) is 14.9 Å². The SMILES string of the molecule is O=c1[nH]cnc2cc(NC3CCCNC3)c([N+](=O)[O-])cc12. The van der Waals surface area contributed by atoms with Gasteiger partial charge >= 0.3 is 0 Å². The van der Waals surface area contributed by atoms with Crippen molar-refractivity contribution in [2.24, 2.45) is 0 Å². The third-order valence-electron chi connectivity index (χ3n) is 3.61. The topological polar surface area (TPSA) is 113 Å². The molecule has 0 amide bonds. The van der Waals surface area contributed by atoms with E-state index >= 15 is 0 Å². The van der Waals surface area contributed by atoms with Gasteiger partial charge < -0.3 is 15.6 Å². The van der Waals surface area contributed by atoms with Crippen LogP contribution in [0.25, 0.3) is 10.9 Å². The number of hydrogen-bond acceptors (Lipinski definition) is 6. The van der Waals surface area contributed by atoms with Gasteiger partial charge in [0.05, 0.1) is 22.2 Å². The maximum Gasteiger partial charge on any atom is 0.293 e. The summed E-state index contributed by atoms with van der Waals surface area (Å²) in [6.45, 7) is 1.73. The molecule has 2 aromatic rings. The quantitative estimate of drug-likeness (QED) is 0.574. The van der Waals surface area contributed by atoms with Crippen molar-refractivity contribution in [3.05, 3.63) is 38.9 Å². The average molecular weight is 289 g/mol. The summed E-state index contributed by atoms with van der Waals surface area (Å²) >= 11 is 0. The maximum atomic E-state index is 11.7. The van der Waals surface area contributed by atoms with Crippen LogP contribution in [0.15, 0.2) is 23.3 Å². The molecule has 1 aliphatic heterocycles. The predicted molar refractivity (Wildman–Crippen MR) is 78.5 cm³/mol. The Kier molecular flexibility index (Phi) is 3.53. The summed E-state index contributed by atoms with van der Waals surface area (Å²) in [4.78, 5) is 28.9. The van der Waals surface area contributed by atoms with E-state index in [0.717, 1.165) is 25.9 Å². The number of H-pyrrole nitrogens is 1. The third-order valence-corrected chi connectivity index (χ3v) is 3.61. The molecule has 0 aliphatic carbocycles.